The first-order valence-corrected chi connectivity index (χ1v) is 6.62. The highest BCUT2D eigenvalue weighted by molar-refractivity contribution is 5.80. The fourth-order valence-electron chi connectivity index (χ4n) is 1.64. The summed E-state index contributed by atoms with van der Waals surface area (Å²) >= 11 is 0. The van der Waals surface area contributed by atoms with Crippen LogP contribution in [0.3, 0.4) is 0 Å². The molecule has 1 aromatic carbocycles. The molecule has 0 radical (unpaired) electrons. The number of hydrogen-bond acceptors (Lipinski definition) is 2. The van der Waals surface area contributed by atoms with Crippen LogP contribution in [0.4, 0.5) is 0 Å². The van der Waals surface area contributed by atoms with E-state index in [4.69, 9.17) is 0 Å². The molecular formula is C15H22N2O2. The molecule has 0 fully saturated rings. The smallest absolute Gasteiger partial charge is 0.222 e. The molecule has 4 heteroatoms. The monoisotopic (exact) mass is 262 g/mol. The number of nitrogens with one attached hydrogen (secondary N) is 2. The van der Waals surface area contributed by atoms with Crippen molar-refractivity contribution in [2.24, 2.45) is 5.92 Å². The van der Waals surface area contributed by atoms with Crippen molar-refractivity contribution < 1.29 is 9.59 Å². The van der Waals surface area contributed by atoms with Crippen LogP contribution in [0.15, 0.2) is 30.3 Å². The molecule has 1 rings (SSSR count). The summed E-state index contributed by atoms with van der Waals surface area (Å²) in [7, 11) is 0. The van der Waals surface area contributed by atoms with Gasteiger partial charge in [-0.05, 0) is 12.5 Å². The topological polar surface area (TPSA) is 58.2 Å². The van der Waals surface area contributed by atoms with Gasteiger partial charge >= 0.3 is 0 Å². The molecular weight excluding hydrogens is 240 g/mol. The molecule has 0 heterocycles. The normalized spacial score (nSPS) is 12.0. The van der Waals surface area contributed by atoms with Gasteiger partial charge < -0.3 is 10.6 Å². The van der Waals surface area contributed by atoms with Gasteiger partial charge in [0, 0.05) is 18.9 Å². The highest BCUT2D eigenvalue weighted by atomic mass is 16.2. The third-order valence-corrected chi connectivity index (χ3v) is 2.85. The van der Waals surface area contributed by atoms with E-state index in [1.54, 1.807) is 0 Å². The number of amides is 2. The minimum Gasteiger partial charge on any atom is -0.355 e. The van der Waals surface area contributed by atoms with Gasteiger partial charge in [-0.25, -0.2) is 0 Å². The Bertz CT molecular complexity index is 415. The Kier molecular flexibility index (Phi) is 6.06. The van der Waals surface area contributed by atoms with Crippen LogP contribution in [0.2, 0.25) is 0 Å². The van der Waals surface area contributed by atoms with Crippen molar-refractivity contribution in [2.75, 3.05) is 6.54 Å². The zero-order chi connectivity index (χ0) is 14.3. The van der Waals surface area contributed by atoms with Crippen molar-refractivity contribution >= 4 is 11.8 Å². The highest BCUT2D eigenvalue weighted by Crippen LogP contribution is 2.10. The second kappa shape index (κ2) is 7.56. The molecule has 0 aliphatic heterocycles. The summed E-state index contributed by atoms with van der Waals surface area (Å²) in [6, 6.07) is 9.77. The standard InChI is InChI=1S/C15H22N2O2/c1-11(2)15(19)16-10-9-14(18)17-12(3)13-7-5-4-6-8-13/h4-8,11-12H,9-10H2,1-3H3,(H,16,19)(H,17,18)/t12-/m1/s1. The van der Waals surface area contributed by atoms with E-state index >= 15 is 0 Å². The van der Waals surface area contributed by atoms with Crippen LogP contribution in [-0.4, -0.2) is 18.4 Å². The van der Waals surface area contributed by atoms with E-state index in [0.29, 0.717) is 13.0 Å². The fraction of sp³-hybridized carbons (Fsp3) is 0.467. The summed E-state index contributed by atoms with van der Waals surface area (Å²) in [6.45, 7) is 5.98. The average molecular weight is 262 g/mol. The molecule has 4 nitrogen and oxygen atoms in total. The number of carbonyl (C=O) groups is 2. The number of carbonyl (C=O) groups excluding carboxylic acids is 2. The van der Waals surface area contributed by atoms with Gasteiger partial charge in [-0.3, -0.25) is 9.59 Å². The van der Waals surface area contributed by atoms with E-state index in [9.17, 15) is 9.59 Å². The van der Waals surface area contributed by atoms with Gasteiger partial charge in [0.2, 0.25) is 11.8 Å². The van der Waals surface area contributed by atoms with E-state index in [-0.39, 0.29) is 23.8 Å². The van der Waals surface area contributed by atoms with Gasteiger partial charge in [0.15, 0.2) is 0 Å². The SMILES string of the molecule is CC(C)C(=O)NCCC(=O)N[C@H](C)c1ccccc1. The predicted octanol–water partition coefficient (Wildman–Crippen LogP) is 2.03. The lowest BCUT2D eigenvalue weighted by Crippen LogP contribution is -2.33. The van der Waals surface area contributed by atoms with Gasteiger partial charge in [0.1, 0.15) is 0 Å². The summed E-state index contributed by atoms with van der Waals surface area (Å²) < 4.78 is 0. The molecule has 0 saturated carbocycles. The van der Waals surface area contributed by atoms with Crippen LogP contribution in [0, 0.1) is 5.92 Å². The largest absolute Gasteiger partial charge is 0.355 e. The Morgan fingerprint density at radius 3 is 2.32 bits per heavy atom. The molecule has 0 aromatic heterocycles. The number of hydrogen-bond donors (Lipinski definition) is 2. The van der Waals surface area contributed by atoms with Gasteiger partial charge in [-0.1, -0.05) is 44.2 Å². The Balaban J connectivity index is 2.30. The summed E-state index contributed by atoms with van der Waals surface area (Å²) in [6.07, 6.45) is 0.301. The molecule has 19 heavy (non-hydrogen) atoms. The Hall–Kier alpha value is -1.84. The molecule has 2 N–H and O–H groups in total. The van der Waals surface area contributed by atoms with Gasteiger partial charge in [0.05, 0.1) is 6.04 Å². The van der Waals surface area contributed by atoms with Crippen LogP contribution in [0.1, 0.15) is 38.8 Å². The third kappa shape index (κ3) is 5.55. The molecule has 1 aromatic rings. The number of rotatable bonds is 6. The van der Waals surface area contributed by atoms with Crippen LogP contribution >= 0.6 is 0 Å². The summed E-state index contributed by atoms with van der Waals surface area (Å²) in [5.41, 5.74) is 1.07. The van der Waals surface area contributed by atoms with E-state index in [1.165, 1.54) is 0 Å². The second-order valence-electron chi connectivity index (χ2n) is 4.90. The molecule has 0 aliphatic rings. The first-order valence-electron chi connectivity index (χ1n) is 6.62. The maximum atomic E-state index is 11.7. The van der Waals surface area contributed by atoms with Crippen molar-refractivity contribution in [2.45, 2.75) is 33.2 Å². The summed E-state index contributed by atoms with van der Waals surface area (Å²) in [5.74, 6) is -0.129. The van der Waals surface area contributed by atoms with Gasteiger partial charge in [0.25, 0.3) is 0 Å². The molecule has 0 unspecified atom stereocenters. The molecule has 0 bridgehead atoms. The maximum Gasteiger partial charge on any atom is 0.222 e. The fourth-order valence-corrected chi connectivity index (χ4v) is 1.64. The molecule has 0 aliphatic carbocycles. The van der Waals surface area contributed by atoms with Gasteiger partial charge in [-0.15, -0.1) is 0 Å². The quantitative estimate of drug-likeness (QED) is 0.824. The lowest BCUT2D eigenvalue weighted by atomic mass is 10.1. The minimum absolute atomic E-state index is 0.0190. The third-order valence-electron chi connectivity index (χ3n) is 2.85. The van der Waals surface area contributed by atoms with Crippen molar-refractivity contribution in [1.29, 1.82) is 0 Å². The predicted molar refractivity (Wildman–Crippen MR) is 75.5 cm³/mol. The molecule has 0 spiro atoms. The lowest BCUT2D eigenvalue weighted by molar-refractivity contribution is -0.124. The minimum atomic E-state index is -0.0552. The maximum absolute atomic E-state index is 11.7. The highest BCUT2D eigenvalue weighted by Gasteiger charge is 2.10. The van der Waals surface area contributed by atoms with Crippen LogP contribution < -0.4 is 10.6 Å². The zero-order valence-corrected chi connectivity index (χ0v) is 11.8. The first-order chi connectivity index (χ1) is 9.00. The first kappa shape index (κ1) is 15.2. The molecule has 2 amide bonds. The average Bonchev–Trinajstić information content (AvgIpc) is 2.39. The lowest BCUT2D eigenvalue weighted by Gasteiger charge is -2.14. The molecule has 1 atom stereocenters. The van der Waals surface area contributed by atoms with Crippen LogP contribution in [-0.2, 0) is 9.59 Å². The molecule has 0 saturated heterocycles. The summed E-state index contributed by atoms with van der Waals surface area (Å²) in [5, 5.41) is 5.64. The Morgan fingerprint density at radius 2 is 1.74 bits per heavy atom. The van der Waals surface area contributed by atoms with E-state index in [2.05, 4.69) is 10.6 Å². The second-order valence-corrected chi connectivity index (χ2v) is 4.90. The van der Waals surface area contributed by atoms with Crippen molar-refractivity contribution in [3.8, 4) is 0 Å². The number of benzene rings is 1. The Labute approximate surface area is 114 Å². The van der Waals surface area contributed by atoms with E-state index in [0.717, 1.165) is 5.56 Å². The summed E-state index contributed by atoms with van der Waals surface area (Å²) in [4.78, 5) is 23.0. The van der Waals surface area contributed by atoms with Crippen LogP contribution in [0.25, 0.3) is 0 Å². The zero-order valence-electron chi connectivity index (χ0n) is 11.8. The van der Waals surface area contributed by atoms with E-state index in [1.807, 2.05) is 51.1 Å². The Morgan fingerprint density at radius 1 is 1.11 bits per heavy atom. The van der Waals surface area contributed by atoms with E-state index < -0.39 is 0 Å². The van der Waals surface area contributed by atoms with Crippen molar-refractivity contribution in [1.82, 2.24) is 10.6 Å². The van der Waals surface area contributed by atoms with Gasteiger partial charge in [-0.2, -0.15) is 0 Å². The van der Waals surface area contributed by atoms with Crippen molar-refractivity contribution in [3.05, 3.63) is 35.9 Å². The van der Waals surface area contributed by atoms with Crippen LogP contribution in [0.5, 0.6) is 0 Å². The van der Waals surface area contributed by atoms with Crippen molar-refractivity contribution in [3.63, 3.8) is 0 Å². The molecule has 104 valence electrons.